The summed E-state index contributed by atoms with van der Waals surface area (Å²) in [4.78, 5) is 23.0. The summed E-state index contributed by atoms with van der Waals surface area (Å²) >= 11 is 0. The molecule has 0 saturated carbocycles. The number of piperidine rings is 1. The van der Waals surface area contributed by atoms with Crippen molar-refractivity contribution in [2.75, 3.05) is 13.1 Å². The van der Waals surface area contributed by atoms with E-state index in [1.54, 1.807) is 18.6 Å². The molecule has 1 fully saturated rings. The van der Waals surface area contributed by atoms with E-state index < -0.39 is 0 Å². The van der Waals surface area contributed by atoms with Gasteiger partial charge in [-0.2, -0.15) is 0 Å². The van der Waals surface area contributed by atoms with Crippen molar-refractivity contribution in [3.8, 4) is 17.0 Å². The number of carbonyl (C=O) groups is 1. The molecular weight excluding hydrogens is 338 g/mol. The van der Waals surface area contributed by atoms with Gasteiger partial charge in [0.05, 0.1) is 0 Å². The molecule has 0 N–H and O–H groups in total. The molecule has 1 aliphatic rings. The quantitative estimate of drug-likeness (QED) is 0.710. The first-order chi connectivity index (χ1) is 13.3. The maximum absolute atomic E-state index is 12.6. The lowest BCUT2D eigenvalue weighted by atomic mass is 10.1. The summed E-state index contributed by atoms with van der Waals surface area (Å²) in [6.45, 7) is 1.40. The summed E-state index contributed by atoms with van der Waals surface area (Å²) < 4.78 is 6.25. The number of amides is 1. The molecule has 1 aromatic carbocycles. The Kier molecular flexibility index (Phi) is 5.10. The predicted octanol–water partition coefficient (Wildman–Crippen LogP) is 3.83. The van der Waals surface area contributed by atoms with Crippen LogP contribution in [0.3, 0.4) is 0 Å². The van der Waals surface area contributed by atoms with E-state index in [-0.39, 0.29) is 12.0 Å². The molecule has 1 saturated heterocycles. The maximum atomic E-state index is 12.6. The number of hydrogen-bond acceptors (Lipinski definition) is 4. The highest BCUT2D eigenvalue weighted by Crippen LogP contribution is 2.29. The van der Waals surface area contributed by atoms with Crippen LogP contribution < -0.4 is 4.74 Å². The molecule has 3 aromatic rings. The molecule has 4 rings (SSSR count). The first-order valence-electron chi connectivity index (χ1n) is 9.17. The lowest BCUT2D eigenvalue weighted by molar-refractivity contribution is 0.0596. The summed E-state index contributed by atoms with van der Waals surface area (Å²) in [5, 5.41) is 0. The van der Waals surface area contributed by atoms with E-state index in [1.807, 2.05) is 59.5 Å². The molecule has 0 spiro atoms. The van der Waals surface area contributed by atoms with Crippen molar-refractivity contribution in [3.05, 3.63) is 78.8 Å². The smallest absolute Gasteiger partial charge is 0.253 e. The molecule has 5 heteroatoms. The van der Waals surface area contributed by atoms with Crippen molar-refractivity contribution in [2.45, 2.75) is 18.9 Å². The zero-order valence-electron chi connectivity index (χ0n) is 15.0. The zero-order chi connectivity index (χ0) is 18.5. The van der Waals surface area contributed by atoms with Gasteiger partial charge in [-0.15, -0.1) is 0 Å². The Morgan fingerprint density at radius 2 is 1.67 bits per heavy atom. The van der Waals surface area contributed by atoms with E-state index in [2.05, 4.69) is 9.97 Å². The Bertz CT molecular complexity index is 892. The lowest BCUT2D eigenvalue weighted by Crippen LogP contribution is -2.41. The van der Waals surface area contributed by atoms with Crippen molar-refractivity contribution in [1.82, 2.24) is 14.9 Å². The first-order valence-corrected chi connectivity index (χ1v) is 9.17. The van der Waals surface area contributed by atoms with Crippen LogP contribution in [0.4, 0.5) is 0 Å². The fourth-order valence-corrected chi connectivity index (χ4v) is 3.33. The standard InChI is InChI=1S/C22H21N3O2/c26-22(18-5-2-1-3-6-18)25-15-10-19(11-16-25)27-20-7-4-12-24-21(20)17-8-13-23-14-9-17/h1-9,12-14,19H,10-11,15-16H2. The third-order valence-corrected chi connectivity index (χ3v) is 4.77. The Morgan fingerprint density at radius 3 is 2.41 bits per heavy atom. The van der Waals surface area contributed by atoms with Crippen LogP contribution >= 0.6 is 0 Å². The van der Waals surface area contributed by atoms with E-state index in [1.165, 1.54) is 0 Å². The van der Waals surface area contributed by atoms with Crippen molar-refractivity contribution < 1.29 is 9.53 Å². The van der Waals surface area contributed by atoms with E-state index >= 15 is 0 Å². The number of rotatable bonds is 4. The molecule has 2 aromatic heterocycles. The largest absolute Gasteiger partial charge is 0.488 e. The highest BCUT2D eigenvalue weighted by Gasteiger charge is 2.25. The minimum Gasteiger partial charge on any atom is -0.488 e. The SMILES string of the molecule is O=C(c1ccccc1)N1CCC(Oc2cccnc2-c2ccncc2)CC1. The fraction of sp³-hybridized carbons (Fsp3) is 0.227. The van der Waals surface area contributed by atoms with Crippen LogP contribution in [0.2, 0.25) is 0 Å². The van der Waals surface area contributed by atoms with Gasteiger partial charge in [0.25, 0.3) is 5.91 Å². The summed E-state index contributed by atoms with van der Waals surface area (Å²) in [5.74, 6) is 0.865. The van der Waals surface area contributed by atoms with Crippen molar-refractivity contribution in [1.29, 1.82) is 0 Å². The number of benzene rings is 1. The third-order valence-electron chi connectivity index (χ3n) is 4.77. The number of nitrogens with zero attached hydrogens (tertiary/aromatic N) is 3. The molecule has 0 bridgehead atoms. The van der Waals surface area contributed by atoms with Crippen LogP contribution in [0.5, 0.6) is 5.75 Å². The Labute approximate surface area is 158 Å². The van der Waals surface area contributed by atoms with Gasteiger partial charge < -0.3 is 9.64 Å². The summed E-state index contributed by atoms with van der Waals surface area (Å²) in [6, 6.07) is 17.1. The molecule has 1 amide bonds. The van der Waals surface area contributed by atoms with Gasteiger partial charge in [-0.25, -0.2) is 0 Å². The second-order valence-corrected chi connectivity index (χ2v) is 6.56. The predicted molar refractivity (Wildman–Crippen MR) is 103 cm³/mol. The number of aromatic nitrogens is 2. The monoisotopic (exact) mass is 359 g/mol. The van der Waals surface area contributed by atoms with Crippen LogP contribution in [-0.2, 0) is 0 Å². The van der Waals surface area contributed by atoms with E-state index in [0.717, 1.165) is 35.4 Å². The van der Waals surface area contributed by atoms with Gasteiger partial charge in [-0.05, 0) is 36.4 Å². The minimum absolute atomic E-state index is 0.0783. The van der Waals surface area contributed by atoms with E-state index in [4.69, 9.17) is 4.74 Å². The van der Waals surface area contributed by atoms with Crippen LogP contribution in [-0.4, -0.2) is 40.0 Å². The molecule has 3 heterocycles. The molecule has 136 valence electrons. The molecule has 0 unspecified atom stereocenters. The van der Waals surface area contributed by atoms with Gasteiger partial charge in [-0.3, -0.25) is 14.8 Å². The number of hydrogen-bond donors (Lipinski definition) is 0. The van der Waals surface area contributed by atoms with Gasteiger partial charge in [0.15, 0.2) is 0 Å². The highest BCUT2D eigenvalue weighted by atomic mass is 16.5. The van der Waals surface area contributed by atoms with Gasteiger partial charge in [0.1, 0.15) is 17.5 Å². The molecular formula is C22H21N3O2. The maximum Gasteiger partial charge on any atom is 0.253 e. The van der Waals surface area contributed by atoms with Crippen molar-refractivity contribution >= 4 is 5.91 Å². The zero-order valence-corrected chi connectivity index (χ0v) is 15.0. The van der Waals surface area contributed by atoms with Crippen LogP contribution in [0.15, 0.2) is 73.2 Å². The van der Waals surface area contributed by atoms with Crippen LogP contribution in [0.1, 0.15) is 23.2 Å². The highest BCUT2D eigenvalue weighted by molar-refractivity contribution is 5.94. The van der Waals surface area contributed by atoms with Gasteiger partial charge in [-0.1, -0.05) is 18.2 Å². The van der Waals surface area contributed by atoms with E-state index in [0.29, 0.717) is 13.1 Å². The third kappa shape index (κ3) is 3.97. The minimum atomic E-state index is 0.0783. The normalized spacial score (nSPS) is 14.7. The average Bonchev–Trinajstić information content (AvgIpc) is 2.75. The van der Waals surface area contributed by atoms with Crippen LogP contribution in [0.25, 0.3) is 11.3 Å². The average molecular weight is 359 g/mol. The Morgan fingerprint density at radius 1 is 0.926 bits per heavy atom. The van der Waals surface area contributed by atoms with Crippen molar-refractivity contribution in [3.63, 3.8) is 0 Å². The summed E-state index contributed by atoms with van der Waals surface area (Å²) in [6.07, 6.45) is 6.97. The number of likely N-dealkylation sites (tertiary alicyclic amines) is 1. The molecule has 5 nitrogen and oxygen atoms in total. The number of pyridine rings is 2. The van der Waals surface area contributed by atoms with Gasteiger partial charge in [0, 0.05) is 55.6 Å². The Balaban J connectivity index is 1.41. The number of carbonyl (C=O) groups excluding carboxylic acids is 1. The second kappa shape index (κ2) is 7.99. The molecule has 1 aliphatic heterocycles. The number of ether oxygens (including phenoxy) is 1. The van der Waals surface area contributed by atoms with Crippen LogP contribution in [0, 0.1) is 0 Å². The second-order valence-electron chi connectivity index (χ2n) is 6.56. The van der Waals surface area contributed by atoms with Gasteiger partial charge in [0.2, 0.25) is 0 Å². The van der Waals surface area contributed by atoms with Gasteiger partial charge >= 0.3 is 0 Å². The van der Waals surface area contributed by atoms with E-state index in [9.17, 15) is 4.79 Å². The van der Waals surface area contributed by atoms with Crippen molar-refractivity contribution in [2.24, 2.45) is 0 Å². The summed E-state index contributed by atoms with van der Waals surface area (Å²) in [5.41, 5.74) is 2.55. The summed E-state index contributed by atoms with van der Waals surface area (Å²) in [7, 11) is 0. The fourth-order valence-electron chi connectivity index (χ4n) is 3.33. The lowest BCUT2D eigenvalue weighted by Gasteiger charge is -2.32. The Hall–Kier alpha value is -3.21. The molecule has 0 radical (unpaired) electrons. The molecule has 0 atom stereocenters. The molecule has 0 aliphatic carbocycles. The first kappa shape index (κ1) is 17.2. The molecule has 27 heavy (non-hydrogen) atoms. The topological polar surface area (TPSA) is 55.3 Å².